The molecule has 5 heteroatoms. The molecule has 0 spiro atoms. The number of allylic oxidation sites excluding steroid dienone is 7. The van der Waals surface area contributed by atoms with Gasteiger partial charge >= 0.3 is 5.97 Å². The molecule has 5 nitrogen and oxygen atoms in total. The highest BCUT2D eigenvalue weighted by atomic mass is 16.5. The molecule has 1 aliphatic rings. The fraction of sp³-hybridized carbons (Fsp3) is 0.250. The molecule has 1 heterocycles. The Hall–Kier alpha value is -2.56. The SMILES string of the molecule is COC1=C/C=C(/c2nc(CCC(=O)O)co2)C=CC/C=C\1. The van der Waals surface area contributed by atoms with Crippen molar-refractivity contribution in [2.45, 2.75) is 19.3 Å². The maximum atomic E-state index is 10.6. The summed E-state index contributed by atoms with van der Waals surface area (Å²) < 4.78 is 10.7. The second kappa shape index (κ2) is 7.28. The highest BCUT2D eigenvalue weighted by Crippen LogP contribution is 2.18. The molecule has 0 atom stereocenters. The van der Waals surface area contributed by atoms with Crippen LogP contribution in [-0.4, -0.2) is 23.2 Å². The van der Waals surface area contributed by atoms with E-state index in [2.05, 4.69) is 4.98 Å². The Morgan fingerprint density at radius 3 is 2.95 bits per heavy atom. The highest BCUT2D eigenvalue weighted by Gasteiger charge is 2.09. The Balaban J connectivity index is 2.19. The number of ether oxygens (including phenoxy) is 1. The summed E-state index contributed by atoms with van der Waals surface area (Å²) in [6.07, 6.45) is 14.2. The number of carboxylic acid groups (broad SMARTS) is 1. The molecule has 0 amide bonds. The molecule has 2 rings (SSSR count). The number of nitrogens with zero attached hydrogens (tertiary/aromatic N) is 1. The molecule has 1 aliphatic carbocycles. The molecule has 0 saturated heterocycles. The molecule has 0 aliphatic heterocycles. The second-order valence-corrected chi connectivity index (χ2v) is 4.47. The summed E-state index contributed by atoms with van der Waals surface area (Å²) in [5.74, 6) is 0.369. The largest absolute Gasteiger partial charge is 0.497 e. The lowest BCUT2D eigenvalue weighted by Gasteiger charge is -1.97. The highest BCUT2D eigenvalue weighted by molar-refractivity contribution is 5.70. The summed E-state index contributed by atoms with van der Waals surface area (Å²) >= 11 is 0. The van der Waals surface area contributed by atoms with Gasteiger partial charge in [-0.3, -0.25) is 4.79 Å². The van der Waals surface area contributed by atoms with E-state index in [4.69, 9.17) is 14.3 Å². The average molecular weight is 287 g/mol. The van der Waals surface area contributed by atoms with Gasteiger partial charge < -0.3 is 14.3 Å². The van der Waals surface area contributed by atoms with Crippen molar-refractivity contribution in [3.8, 4) is 0 Å². The van der Waals surface area contributed by atoms with Gasteiger partial charge in [-0.25, -0.2) is 4.98 Å². The minimum absolute atomic E-state index is 0.0402. The predicted octanol–water partition coefficient (Wildman–Crippen LogP) is 3.12. The first-order valence-electron chi connectivity index (χ1n) is 6.64. The zero-order chi connectivity index (χ0) is 15.1. The molecule has 0 unspecified atom stereocenters. The second-order valence-electron chi connectivity index (χ2n) is 4.47. The van der Waals surface area contributed by atoms with E-state index >= 15 is 0 Å². The summed E-state index contributed by atoms with van der Waals surface area (Å²) in [6, 6.07) is 0. The number of carbonyl (C=O) groups is 1. The van der Waals surface area contributed by atoms with Crippen LogP contribution in [0.3, 0.4) is 0 Å². The van der Waals surface area contributed by atoms with E-state index in [1.165, 1.54) is 6.26 Å². The first kappa shape index (κ1) is 14.8. The van der Waals surface area contributed by atoms with Gasteiger partial charge in [0, 0.05) is 12.0 Å². The van der Waals surface area contributed by atoms with E-state index in [0.717, 1.165) is 17.8 Å². The van der Waals surface area contributed by atoms with Crippen LogP contribution < -0.4 is 0 Å². The predicted molar refractivity (Wildman–Crippen MR) is 78.4 cm³/mol. The van der Waals surface area contributed by atoms with Crippen molar-refractivity contribution in [2.75, 3.05) is 7.11 Å². The van der Waals surface area contributed by atoms with Crippen LogP contribution in [-0.2, 0) is 16.0 Å². The van der Waals surface area contributed by atoms with E-state index in [1.54, 1.807) is 7.11 Å². The van der Waals surface area contributed by atoms with Gasteiger partial charge in [0.05, 0.1) is 19.2 Å². The van der Waals surface area contributed by atoms with Gasteiger partial charge in [-0.15, -0.1) is 0 Å². The molecular weight excluding hydrogens is 270 g/mol. The summed E-state index contributed by atoms with van der Waals surface area (Å²) in [4.78, 5) is 14.9. The normalized spacial score (nSPS) is 21.2. The van der Waals surface area contributed by atoms with Crippen molar-refractivity contribution in [3.05, 3.63) is 60.1 Å². The van der Waals surface area contributed by atoms with Crippen molar-refractivity contribution >= 4 is 11.5 Å². The van der Waals surface area contributed by atoms with Gasteiger partial charge in [0.25, 0.3) is 0 Å². The first-order valence-corrected chi connectivity index (χ1v) is 6.64. The number of rotatable bonds is 5. The molecule has 0 fully saturated rings. The quantitative estimate of drug-likeness (QED) is 0.900. The van der Waals surface area contributed by atoms with Crippen LogP contribution in [0.2, 0.25) is 0 Å². The van der Waals surface area contributed by atoms with Crippen molar-refractivity contribution in [3.63, 3.8) is 0 Å². The standard InChI is InChI=1S/C16H17NO4/c1-20-14-6-4-2-3-5-12(7-9-14)16-17-13(11-21-16)8-10-15(18)19/h3-7,9,11H,2,8,10H2,1H3,(H,18,19)/b5-3?,6-4-,12-7+,14-9+. The fourth-order valence-corrected chi connectivity index (χ4v) is 1.81. The minimum Gasteiger partial charge on any atom is -0.497 e. The van der Waals surface area contributed by atoms with Gasteiger partial charge in [-0.05, 0) is 24.6 Å². The number of aromatic nitrogens is 1. The Morgan fingerprint density at radius 1 is 1.38 bits per heavy atom. The van der Waals surface area contributed by atoms with Crippen molar-refractivity contribution in [1.82, 2.24) is 4.98 Å². The summed E-state index contributed by atoms with van der Waals surface area (Å²) in [6.45, 7) is 0. The molecule has 1 aromatic rings. The number of hydrogen-bond acceptors (Lipinski definition) is 4. The topological polar surface area (TPSA) is 72.6 Å². The molecular formula is C16H17NO4. The summed E-state index contributed by atoms with van der Waals surface area (Å²) in [5, 5.41) is 8.68. The van der Waals surface area contributed by atoms with Crippen LogP contribution in [0.5, 0.6) is 0 Å². The Kier molecular flexibility index (Phi) is 5.15. The summed E-state index contributed by atoms with van der Waals surface area (Å²) in [7, 11) is 1.62. The lowest BCUT2D eigenvalue weighted by atomic mass is 10.2. The molecule has 1 aromatic heterocycles. The molecule has 0 aromatic carbocycles. The maximum Gasteiger partial charge on any atom is 0.303 e. The zero-order valence-corrected chi connectivity index (χ0v) is 11.8. The number of hydrogen-bond donors (Lipinski definition) is 1. The van der Waals surface area contributed by atoms with Gasteiger partial charge in [0.1, 0.15) is 12.0 Å². The Morgan fingerprint density at radius 2 is 2.19 bits per heavy atom. The van der Waals surface area contributed by atoms with Gasteiger partial charge in [0.15, 0.2) is 0 Å². The molecule has 0 saturated carbocycles. The maximum absolute atomic E-state index is 10.6. The third-order valence-electron chi connectivity index (χ3n) is 2.91. The number of aliphatic carboxylic acids is 1. The first-order chi connectivity index (χ1) is 10.2. The van der Waals surface area contributed by atoms with Crippen molar-refractivity contribution in [1.29, 1.82) is 0 Å². The van der Waals surface area contributed by atoms with Crippen LogP contribution in [0.1, 0.15) is 24.4 Å². The smallest absolute Gasteiger partial charge is 0.303 e. The molecule has 0 bridgehead atoms. The Labute approximate surface area is 122 Å². The average Bonchev–Trinajstić information content (AvgIpc) is 2.97. The third kappa shape index (κ3) is 4.49. The molecule has 21 heavy (non-hydrogen) atoms. The van der Waals surface area contributed by atoms with Crippen molar-refractivity contribution < 1.29 is 19.1 Å². The van der Waals surface area contributed by atoms with Gasteiger partial charge in [0.2, 0.25) is 5.89 Å². The van der Waals surface area contributed by atoms with Gasteiger partial charge in [-0.1, -0.05) is 18.2 Å². The summed E-state index contributed by atoms with van der Waals surface area (Å²) in [5.41, 5.74) is 1.45. The number of aryl methyl sites for hydroxylation is 1. The Bertz CT molecular complexity index is 620. The number of methoxy groups -OCH3 is 1. The van der Waals surface area contributed by atoms with Crippen LogP contribution in [0.25, 0.3) is 5.57 Å². The fourth-order valence-electron chi connectivity index (χ4n) is 1.81. The van der Waals surface area contributed by atoms with Crippen LogP contribution in [0.4, 0.5) is 0 Å². The van der Waals surface area contributed by atoms with E-state index < -0.39 is 5.97 Å². The lowest BCUT2D eigenvalue weighted by Crippen LogP contribution is -1.97. The van der Waals surface area contributed by atoms with E-state index in [0.29, 0.717) is 18.0 Å². The lowest BCUT2D eigenvalue weighted by molar-refractivity contribution is -0.136. The van der Waals surface area contributed by atoms with E-state index in [-0.39, 0.29) is 6.42 Å². The van der Waals surface area contributed by atoms with Crippen LogP contribution in [0.15, 0.2) is 52.9 Å². The van der Waals surface area contributed by atoms with Crippen LogP contribution >= 0.6 is 0 Å². The third-order valence-corrected chi connectivity index (χ3v) is 2.91. The number of carboxylic acids is 1. The van der Waals surface area contributed by atoms with Crippen LogP contribution in [0, 0.1) is 0 Å². The van der Waals surface area contributed by atoms with Gasteiger partial charge in [-0.2, -0.15) is 0 Å². The monoisotopic (exact) mass is 287 g/mol. The molecule has 1 N–H and O–H groups in total. The number of oxazole rings is 1. The molecule has 110 valence electrons. The minimum atomic E-state index is -0.847. The molecule has 0 radical (unpaired) electrons. The van der Waals surface area contributed by atoms with E-state index in [9.17, 15) is 4.79 Å². The zero-order valence-electron chi connectivity index (χ0n) is 11.8. The van der Waals surface area contributed by atoms with Crippen molar-refractivity contribution in [2.24, 2.45) is 0 Å². The van der Waals surface area contributed by atoms with E-state index in [1.807, 2.05) is 36.5 Å².